The van der Waals surface area contributed by atoms with E-state index in [4.69, 9.17) is 5.11 Å². The highest BCUT2D eigenvalue weighted by molar-refractivity contribution is 5.86. The summed E-state index contributed by atoms with van der Waals surface area (Å²) in [5.41, 5.74) is 2.28. The van der Waals surface area contributed by atoms with Crippen LogP contribution in [0.4, 0.5) is 0 Å². The summed E-state index contributed by atoms with van der Waals surface area (Å²) in [5, 5.41) is 12.9. The number of aryl methyl sites for hydroxylation is 1. The number of rotatable bonds is 2. The highest BCUT2D eigenvalue weighted by Gasteiger charge is 2.19. The summed E-state index contributed by atoms with van der Waals surface area (Å²) >= 11 is 0. The Morgan fingerprint density at radius 2 is 2.24 bits per heavy atom. The second-order valence-corrected chi connectivity index (χ2v) is 3.95. The van der Waals surface area contributed by atoms with E-state index in [0.29, 0.717) is 5.82 Å². The first kappa shape index (κ1) is 9.95. The Labute approximate surface area is 96.9 Å². The van der Waals surface area contributed by atoms with Gasteiger partial charge in [0.05, 0.1) is 11.8 Å². The molecule has 0 aromatic carbocycles. The highest BCUT2D eigenvalue weighted by Crippen LogP contribution is 2.23. The van der Waals surface area contributed by atoms with Crippen LogP contribution in [0.3, 0.4) is 0 Å². The molecule has 3 rings (SSSR count). The van der Waals surface area contributed by atoms with Gasteiger partial charge in [0, 0.05) is 17.5 Å². The molecule has 2 aromatic heterocycles. The lowest BCUT2D eigenvalue weighted by Gasteiger charge is -2.05. The van der Waals surface area contributed by atoms with Crippen molar-refractivity contribution in [3.8, 4) is 5.82 Å². The lowest BCUT2D eigenvalue weighted by Crippen LogP contribution is -2.04. The van der Waals surface area contributed by atoms with Crippen LogP contribution in [0.15, 0.2) is 18.7 Å². The zero-order chi connectivity index (χ0) is 11.8. The zero-order valence-corrected chi connectivity index (χ0v) is 9.00. The minimum absolute atomic E-state index is 0.162. The first-order chi connectivity index (χ1) is 8.25. The largest absolute Gasteiger partial charge is 0.478 e. The topological polar surface area (TPSA) is 80.9 Å². The van der Waals surface area contributed by atoms with Gasteiger partial charge in [0.15, 0.2) is 5.82 Å². The number of carboxylic acid groups (broad SMARTS) is 1. The first-order valence-electron chi connectivity index (χ1n) is 5.37. The number of fused-ring (bicyclic) bond motifs is 1. The number of carbonyl (C=O) groups is 1. The van der Waals surface area contributed by atoms with Crippen LogP contribution in [0.1, 0.15) is 28.0 Å². The van der Waals surface area contributed by atoms with Gasteiger partial charge in [-0.1, -0.05) is 0 Å². The predicted molar refractivity (Wildman–Crippen MR) is 58.1 cm³/mol. The van der Waals surface area contributed by atoms with Gasteiger partial charge in [0.1, 0.15) is 6.33 Å². The molecule has 0 fully saturated rings. The number of hydrogen-bond acceptors (Lipinski definition) is 4. The molecule has 86 valence electrons. The third kappa shape index (κ3) is 1.57. The molecule has 0 amide bonds. The lowest BCUT2D eigenvalue weighted by molar-refractivity contribution is 0.0697. The van der Waals surface area contributed by atoms with E-state index in [9.17, 15) is 4.79 Å². The molecule has 1 aliphatic carbocycles. The Kier molecular flexibility index (Phi) is 2.14. The summed E-state index contributed by atoms with van der Waals surface area (Å²) in [6.45, 7) is 0. The molecule has 0 saturated carbocycles. The van der Waals surface area contributed by atoms with Crippen LogP contribution in [0.25, 0.3) is 5.82 Å². The van der Waals surface area contributed by atoms with Crippen LogP contribution < -0.4 is 0 Å². The zero-order valence-electron chi connectivity index (χ0n) is 9.00. The van der Waals surface area contributed by atoms with Crippen molar-refractivity contribution in [3.63, 3.8) is 0 Å². The average Bonchev–Trinajstić information content (AvgIpc) is 2.97. The van der Waals surface area contributed by atoms with Crippen molar-refractivity contribution in [2.24, 2.45) is 0 Å². The molecule has 0 saturated heterocycles. The molecule has 2 heterocycles. The normalized spacial score (nSPS) is 13.6. The summed E-state index contributed by atoms with van der Waals surface area (Å²) in [7, 11) is 0. The minimum Gasteiger partial charge on any atom is -0.478 e. The molecule has 0 radical (unpaired) electrons. The van der Waals surface area contributed by atoms with Gasteiger partial charge in [-0.05, 0) is 19.3 Å². The molecule has 1 aliphatic rings. The van der Waals surface area contributed by atoms with Crippen LogP contribution in [0, 0.1) is 0 Å². The monoisotopic (exact) mass is 230 g/mol. The van der Waals surface area contributed by atoms with E-state index in [1.165, 1.54) is 23.4 Å². The van der Waals surface area contributed by atoms with Crippen molar-refractivity contribution in [2.75, 3.05) is 0 Å². The summed E-state index contributed by atoms with van der Waals surface area (Å²) in [6.07, 6.45) is 7.25. The van der Waals surface area contributed by atoms with Crippen LogP contribution in [0.2, 0.25) is 0 Å². The van der Waals surface area contributed by atoms with Crippen molar-refractivity contribution in [3.05, 3.63) is 35.5 Å². The maximum Gasteiger partial charge on any atom is 0.338 e. The Balaban J connectivity index is 2.09. The molecule has 6 nitrogen and oxygen atoms in total. The number of aromatic carboxylic acids is 1. The van der Waals surface area contributed by atoms with Gasteiger partial charge in [-0.15, -0.1) is 0 Å². The molecule has 6 heteroatoms. The molecular formula is C11H10N4O2. The second-order valence-electron chi connectivity index (χ2n) is 3.95. The van der Waals surface area contributed by atoms with Gasteiger partial charge in [-0.2, -0.15) is 5.10 Å². The molecule has 0 bridgehead atoms. The van der Waals surface area contributed by atoms with Crippen molar-refractivity contribution >= 4 is 5.97 Å². The van der Waals surface area contributed by atoms with Crippen LogP contribution in [-0.4, -0.2) is 30.8 Å². The molecular weight excluding hydrogens is 220 g/mol. The Morgan fingerprint density at radius 1 is 1.35 bits per heavy atom. The Morgan fingerprint density at radius 3 is 3.00 bits per heavy atom. The van der Waals surface area contributed by atoms with Gasteiger partial charge >= 0.3 is 5.97 Å². The van der Waals surface area contributed by atoms with Gasteiger partial charge in [-0.25, -0.2) is 19.4 Å². The Hall–Kier alpha value is -2.24. The summed E-state index contributed by atoms with van der Waals surface area (Å²) < 4.78 is 1.51. The van der Waals surface area contributed by atoms with E-state index in [0.717, 1.165) is 30.5 Å². The van der Waals surface area contributed by atoms with Gasteiger partial charge < -0.3 is 5.11 Å². The lowest BCUT2D eigenvalue weighted by atomic mass is 10.2. The van der Waals surface area contributed by atoms with E-state index >= 15 is 0 Å². The van der Waals surface area contributed by atoms with E-state index in [-0.39, 0.29) is 5.56 Å². The standard InChI is InChI=1S/C11H10N4O2/c16-11(17)7-4-14-15(5-7)10-8-2-1-3-9(8)12-6-13-10/h4-6H,1-3H2,(H,16,17). The number of carboxylic acids is 1. The predicted octanol–water partition coefficient (Wildman–Crippen LogP) is 0.849. The quantitative estimate of drug-likeness (QED) is 0.827. The molecule has 0 unspecified atom stereocenters. The van der Waals surface area contributed by atoms with E-state index in [2.05, 4.69) is 15.1 Å². The van der Waals surface area contributed by atoms with E-state index in [1.807, 2.05) is 0 Å². The fraction of sp³-hybridized carbons (Fsp3) is 0.273. The fourth-order valence-corrected chi connectivity index (χ4v) is 2.09. The molecule has 1 N–H and O–H groups in total. The van der Waals surface area contributed by atoms with Gasteiger partial charge in [0.2, 0.25) is 0 Å². The molecule has 0 spiro atoms. The van der Waals surface area contributed by atoms with Crippen molar-refractivity contribution in [2.45, 2.75) is 19.3 Å². The molecule has 17 heavy (non-hydrogen) atoms. The summed E-state index contributed by atoms with van der Waals surface area (Å²) in [5.74, 6) is -0.290. The minimum atomic E-state index is -0.984. The molecule has 0 aliphatic heterocycles. The average molecular weight is 230 g/mol. The van der Waals surface area contributed by atoms with Gasteiger partial charge in [-0.3, -0.25) is 0 Å². The Bertz CT molecular complexity index is 591. The SMILES string of the molecule is O=C(O)c1cnn(-c2ncnc3c2CCC3)c1. The number of nitrogens with zero attached hydrogens (tertiary/aromatic N) is 4. The molecule has 2 aromatic rings. The van der Waals surface area contributed by atoms with Crippen molar-refractivity contribution in [1.29, 1.82) is 0 Å². The van der Waals surface area contributed by atoms with E-state index < -0.39 is 5.97 Å². The first-order valence-corrected chi connectivity index (χ1v) is 5.37. The second kappa shape index (κ2) is 3.65. The smallest absolute Gasteiger partial charge is 0.338 e. The number of aromatic nitrogens is 4. The van der Waals surface area contributed by atoms with Crippen LogP contribution in [-0.2, 0) is 12.8 Å². The fourth-order valence-electron chi connectivity index (χ4n) is 2.09. The molecule has 0 atom stereocenters. The maximum absolute atomic E-state index is 10.8. The number of hydrogen-bond donors (Lipinski definition) is 1. The van der Waals surface area contributed by atoms with Gasteiger partial charge in [0.25, 0.3) is 0 Å². The van der Waals surface area contributed by atoms with Crippen LogP contribution in [0.5, 0.6) is 0 Å². The third-order valence-electron chi connectivity index (χ3n) is 2.90. The van der Waals surface area contributed by atoms with Crippen molar-refractivity contribution < 1.29 is 9.90 Å². The summed E-state index contributed by atoms with van der Waals surface area (Å²) in [4.78, 5) is 19.2. The highest BCUT2D eigenvalue weighted by atomic mass is 16.4. The van der Waals surface area contributed by atoms with E-state index in [1.54, 1.807) is 0 Å². The summed E-state index contributed by atoms with van der Waals surface area (Å²) in [6, 6.07) is 0. The third-order valence-corrected chi connectivity index (χ3v) is 2.90. The van der Waals surface area contributed by atoms with Crippen LogP contribution >= 0.6 is 0 Å². The maximum atomic E-state index is 10.8. The van der Waals surface area contributed by atoms with Crippen molar-refractivity contribution in [1.82, 2.24) is 19.7 Å².